The van der Waals surface area contributed by atoms with Gasteiger partial charge in [0.1, 0.15) is 10.5 Å². The molecule has 106 valence electrons. The quantitative estimate of drug-likeness (QED) is 0.908. The lowest BCUT2D eigenvalue weighted by Gasteiger charge is -2.31. The van der Waals surface area contributed by atoms with E-state index >= 15 is 0 Å². The zero-order valence-electron chi connectivity index (χ0n) is 11.9. The lowest BCUT2D eigenvalue weighted by atomic mass is 9.91. The van der Waals surface area contributed by atoms with Gasteiger partial charge >= 0.3 is 0 Å². The van der Waals surface area contributed by atoms with Crippen molar-refractivity contribution in [2.24, 2.45) is 5.73 Å². The molecule has 0 spiro atoms. The smallest absolute Gasteiger partial charge is 0.245 e. The Bertz CT molecular complexity index is 576. The van der Waals surface area contributed by atoms with Gasteiger partial charge in [0.15, 0.2) is 0 Å². The summed E-state index contributed by atoms with van der Waals surface area (Å²) in [5, 5.41) is 5.73. The predicted molar refractivity (Wildman–Crippen MR) is 81.3 cm³/mol. The Morgan fingerprint density at radius 2 is 1.90 bits per heavy atom. The van der Waals surface area contributed by atoms with Gasteiger partial charge in [0, 0.05) is 11.6 Å². The predicted octanol–water partition coefficient (Wildman–Crippen LogP) is 2.37. The Balaban J connectivity index is 2.20. The Kier molecular flexibility index (Phi) is 3.92. The largest absolute Gasteiger partial charge is 0.343 e. The molecule has 1 amide bonds. The number of hydrogen-bond donors (Lipinski definition) is 2. The van der Waals surface area contributed by atoms with Crippen LogP contribution in [0, 0.1) is 0 Å². The van der Waals surface area contributed by atoms with Crippen LogP contribution in [0.25, 0.3) is 0 Å². The minimum Gasteiger partial charge on any atom is -0.343 e. The average molecular weight is 289 g/mol. The molecule has 0 aliphatic heterocycles. The van der Waals surface area contributed by atoms with Crippen LogP contribution in [0.1, 0.15) is 31.3 Å². The highest BCUT2D eigenvalue weighted by molar-refractivity contribution is 7.09. The van der Waals surface area contributed by atoms with Crippen molar-refractivity contribution in [3.05, 3.63) is 52.5 Å². The molecule has 4 nitrogen and oxygen atoms in total. The van der Waals surface area contributed by atoms with E-state index in [1.165, 1.54) is 11.3 Å². The second kappa shape index (κ2) is 5.34. The maximum Gasteiger partial charge on any atom is 0.245 e. The normalized spacial score (nSPS) is 14.6. The van der Waals surface area contributed by atoms with Crippen LogP contribution >= 0.6 is 11.3 Å². The molecule has 0 aliphatic rings. The molecule has 1 heterocycles. The maximum absolute atomic E-state index is 12.5. The summed E-state index contributed by atoms with van der Waals surface area (Å²) in [5.41, 5.74) is 5.38. The Morgan fingerprint density at radius 3 is 2.45 bits per heavy atom. The van der Waals surface area contributed by atoms with E-state index in [4.69, 9.17) is 5.73 Å². The zero-order valence-corrected chi connectivity index (χ0v) is 12.7. The van der Waals surface area contributed by atoms with E-state index in [0.717, 1.165) is 10.6 Å². The number of carbonyl (C=O) groups excluding carboxylic acids is 1. The van der Waals surface area contributed by atoms with Gasteiger partial charge in [-0.3, -0.25) is 4.79 Å². The van der Waals surface area contributed by atoms with Crippen molar-refractivity contribution in [1.82, 2.24) is 10.3 Å². The van der Waals surface area contributed by atoms with Crippen molar-refractivity contribution in [1.29, 1.82) is 0 Å². The number of benzene rings is 1. The van der Waals surface area contributed by atoms with Crippen molar-refractivity contribution in [3.8, 4) is 0 Å². The van der Waals surface area contributed by atoms with Gasteiger partial charge in [-0.15, -0.1) is 11.3 Å². The average Bonchev–Trinajstić information content (AvgIpc) is 2.94. The van der Waals surface area contributed by atoms with Crippen LogP contribution < -0.4 is 11.1 Å². The van der Waals surface area contributed by atoms with E-state index in [2.05, 4.69) is 10.3 Å². The van der Waals surface area contributed by atoms with Crippen LogP contribution in [0.2, 0.25) is 0 Å². The molecule has 1 unspecified atom stereocenters. The van der Waals surface area contributed by atoms with Crippen molar-refractivity contribution >= 4 is 17.2 Å². The monoisotopic (exact) mass is 289 g/mol. The van der Waals surface area contributed by atoms with Crippen LogP contribution in [0.3, 0.4) is 0 Å². The molecule has 1 aromatic carbocycles. The number of thiazole rings is 1. The molecule has 5 heteroatoms. The summed E-state index contributed by atoms with van der Waals surface area (Å²) >= 11 is 1.51. The summed E-state index contributed by atoms with van der Waals surface area (Å²) in [7, 11) is 0. The first-order valence-electron chi connectivity index (χ1n) is 6.41. The highest BCUT2D eigenvalue weighted by Gasteiger charge is 2.35. The molecule has 0 saturated heterocycles. The fourth-order valence-corrected chi connectivity index (χ4v) is 2.63. The topological polar surface area (TPSA) is 68.0 Å². The summed E-state index contributed by atoms with van der Waals surface area (Å²) in [4.78, 5) is 16.8. The van der Waals surface area contributed by atoms with Gasteiger partial charge in [-0.25, -0.2) is 4.98 Å². The minimum absolute atomic E-state index is 0.219. The van der Waals surface area contributed by atoms with Crippen LogP contribution in [-0.4, -0.2) is 10.9 Å². The van der Waals surface area contributed by atoms with E-state index in [1.54, 1.807) is 13.1 Å². The molecule has 3 N–H and O–H groups in total. The molecule has 1 aromatic heterocycles. The SMILES string of the molecule is CC(C)(NC(=O)C(C)(N)c1ccccc1)c1nccs1. The molecule has 2 rings (SSSR count). The third kappa shape index (κ3) is 2.89. The van der Waals surface area contributed by atoms with Crippen LogP contribution in [0.15, 0.2) is 41.9 Å². The van der Waals surface area contributed by atoms with E-state index in [0.29, 0.717) is 0 Å². The first-order chi connectivity index (χ1) is 9.34. The summed E-state index contributed by atoms with van der Waals surface area (Å²) in [6.07, 6.45) is 1.73. The van der Waals surface area contributed by atoms with Gasteiger partial charge in [-0.2, -0.15) is 0 Å². The number of amides is 1. The molecule has 0 radical (unpaired) electrons. The Hall–Kier alpha value is -1.72. The van der Waals surface area contributed by atoms with E-state index in [9.17, 15) is 4.79 Å². The fourth-order valence-electron chi connectivity index (χ4n) is 1.91. The molecule has 1 atom stereocenters. The van der Waals surface area contributed by atoms with Crippen LogP contribution in [-0.2, 0) is 15.9 Å². The highest BCUT2D eigenvalue weighted by atomic mass is 32.1. The Morgan fingerprint density at radius 1 is 1.25 bits per heavy atom. The Labute approximate surface area is 123 Å². The molecule has 2 aromatic rings. The number of nitrogens with one attached hydrogen (secondary N) is 1. The molecular formula is C15H19N3OS. The summed E-state index contributed by atoms with van der Waals surface area (Å²) in [5.74, 6) is -0.219. The standard InChI is InChI=1S/C15H19N3OS/c1-14(2,13-17-9-10-20-13)18-12(19)15(3,16)11-7-5-4-6-8-11/h4-10H,16H2,1-3H3,(H,18,19). The third-order valence-corrected chi connectivity index (χ3v) is 4.33. The number of nitrogens with two attached hydrogens (primary N) is 1. The van der Waals surface area contributed by atoms with E-state index in [-0.39, 0.29) is 5.91 Å². The molecule has 0 fully saturated rings. The van der Waals surface area contributed by atoms with Crippen LogP contribution in [0.4, 0.5) is 0 Å². The molecule has 0 bridgehead atoms. The molecule has 20 heavy (non-hydrogen) atoms. The molecular weight excluding hydrogens is 270 g/mol. The fraction of sp³-hybridized carbons (Fsp3) is 0.333. The zero-order chi connectivity index (χ0) is 14.8. The minimum atomic E-state index is -1.07. The number of aromatic nitrogens is 1. The van der Waals surface area contributed by atoms with Gasteiger partial charge in [0.2, 0.25) is 5.91 Å². The second-order valence-electron chi connectivity index (χ2n) is 5.48. The van der Waals surface area contributed by atoms with Crippen molar-refractivity contribution in [2.75, 3.05) is 0 Å². The van der Waals surface area contributed by atoms with Crippen molar-refractivity contribution in [2.45, 2.75) is 31.8 Å². The summed E-state index contributed by atoms with van der Waals surface area (Å²) < 4.78 is 0. The van der Waals surface area contributed by atoms with Gasteiger partial charge in [0.05, 0.1) is 5.54 Å². The third-order valence-electron chi connectivity index (χ3n) is 3.24. The molecule has 0 aliphatic carbocycles. The van der Waals surface area contributed by atoms with E-state index in [1.807, 2.05) is 49.6 Å². The van der Waals surface area contributed by atoms with Crippen molar-refractivity contribution < 1.29 is 4.79 Å². The van der Waals surface area contributed by atoms with Gasteiger partial charge in [-0.05, 0) is 26.3 Å². The number of rotatable bonds is 4. The first kappa shape index (κ1) is 14.7. The highest BCUT2D eigenvalue weighted by Crippen LogP contribution is 2.25. The summed E-state index contributed by atoms with van der Waals surface area (Å²) in [6.45, 7) is 5.56. The van der Waals surface area contributed by atoms with Gasteiger partial charge in [0.25, 0.3) is 0 Å². The number of carbonyl (C=O) groups is 1. The first-order valence-corrected chi connectivity index (χ1v) is 7.29. The second-order valence-corrected chi connectivity index (χ2v) is 6.38. The lowest BCUT2D eigenvalue weighted by Crippen LogP contribution is -2.54. The summed E-state index contributed by atoms with van der Waals surface area (Å²) in [6, 6.07) is 9.36. The van der Waals surface area contributed by atoms with Gasteiger partial charge in [-0.1, -0.05) is 30.3 Å². The molecule has 0 saturated carbocycles. The maximum atomic E-state index is 12.5. The van der Waals surface area contributed by atoms with Gasteiger partial charge < -0.3 is 11.1 Å². The van der Waals surface area contributed by atoms with Crippen LogP contribution in [0.5, 0.6) is 0 Å². The number of nitrogens with zero attached hydrogens (tertiary/aromatic N) is 1. The van der Waals surface area contributed by atoms with E-state index < -0.39 is 11.1 Å². The number of hydrogen-bond acceptors (Lipinski definition) is 4. The van der Waals surface area contributed by atoms with Crippen molar-refractivity contribution in [3.63, 3.8) is 0 Å². The lowest BCUT2D eigenvalue weighted by molar-refractivity contribution is -0.127.